The summed E-state index contributed by atoms with van der Waals surface area (Å²) in [5, 5.41) is 9.49. The third-order valence-corrected chi connectivity index (χ3v) is 4.36. The fourth-order valence-corrected chi connectivity index (χ4v) is 3.77. The summed E-state index contributed by atoms with van der Waals surface area (Å²) in [6.07, 6.45) is 7.72. The van der Waals surface area contributed by atoms with Gasteiger partial charge in [0.2, 0.25) is 0 Å². The summed E-state index contributed by atoms with van der Waals surface area (Å²) in [5.74, 6) is 0. The Labute approximate surface area is 192 Å². The molecule has 0 unspecified atom stereocenters. The molecule has 0 amide bonds. The van der Waals surface area contributed by atoms with Gasteiger partial charge in [0, 0.05) is 0 Å². The van der Waals surface area contributed by atoms with Crippen molar-refractivity contribution >= 4 is 0 Å². The molecule has 0 bridgehead atoms. The van der Waals surface area contributed by atoms with Crippen molar-refractivity contribution in [2.75, 3.05) is 0 Å². The Morgan fingerprint density at radius 3 is 0.750 bits per heavy atom. The second-order valence-electron chi connectivity index (χ2n) is 9.18. The van der Waals surface area contributed by atoms with Crippen LogP contribution >= 0.6 is 0 Å². The van der Waals surface area contributed by atoms with E-state index >= 15 is 0 Å². The molecular formula is C18H36ClCuLi2N2. The Kier molecular flexibility index (Phi) is 17.3. The molecule has 2 saturated heterocycles. The van der Waals surface area contributed by atoms with E-state index < -0.39 is 0 Å². The monoisotopic (exact) mass is 392 g/mol. The number of hydrogen-bond donors (Lipinski definition) is 0. The van der Waals surface area contributed by atoms with Crippen LogP contribution in [0.2, 0.25) is 0 Å². The van der Waals surface area contributed by atoms with Crippen molar-refractivity contribution in [2.45, 2.75) is 116 Å². The first-order chi connectivity index (χ1) is 8.83. The van der Waals surface area contributed by atoms with Crippen LogP contribution in [0, 0.1) is 0 Å². The van der Waals surface area contributed by atoms with E-state index in [9.17, 15) is 0 Å². The van der Waals surface area contributed by atoms with Gasteiger partial charge in [-0.25, -0.2) is 0 Å². The molecule has 2 aliphatic rings. The van der Waals surface area contributed by atoms with E-state index in [1.807, 2.05) is 0 Å². The molecular weight excluding hydrogens is 357 g/mol. The van der Waals surface area contributed by atoms with Gasteiger partial charge < -0.3 is 23.0 Å². The molecule has 0 saturated carbocycles. The van der Waals surface area contributed by atoms with Crippen LogP contribution in [0.4, 0.5) is 0 Å². The van der Waals surface area contributed by atoms with Crippen molar-refractivity contribution in [2.24, 2.45) is 0 Å². The molecule has 0 aliphatic carbocycles. The van der Waals surface area contributed by atoms with Gasteiger partial charge in [-0.3, -0.25) is 0 Å². The molecule has 0 N–H and O–H groups in total. The maximum absolute atomic E-state index is 4.75. The van der Waals surface area contributed by atoms with Crippen LogP contribution in [0.1, 0.15) is 93.9 Å². The molecule has 0 atom stereocenters. The van der Waals surface area contributed by atoms with Gasteiger partial charge in [0.25, 0.3) is 0 Å². The molecule has 6 heteroatoms. The second-order valence-corrected chi connectivity index (χ2v) is 9.18. The zero-order chi connectivity index (χ0) is 15.7. The first-order valence-electron chi connectivity index (χ1n) is 8.31. The molecule has 0 aromatic carbocycles. The van der Waals surface area contributed by atoms with E-state index in [0.717, 1.165) is 0 Å². The van der Waals surface area contributed by atoms with Crippen molar-refractivity contribution in [3.8, 4) is 0 Å². The standard InChI is InChI=1S/2C9H18N.ClH.Cu.2Li/c2*1-8(2)6-5-7-9(3,4)10-8;;;;/h2*5-7H2,1-4H3;1H;;;/q2*-1;;3*+1/p-1. The molecule has 2 aliphatic heterocycles. The Bertz CT molecular complexity index is 275. The first kappa shape index (κ1) is 33.5. The van der Waals surface area contributed by atoms with Gasteiger partial charge in [0.05, 0.1) is 0 Å². The predicted molar refractivity (Wildman–Crippen MR) is 90.7 cm³/mol. The van der Waals surface area contributed by atoms with E-state index in [4.69, 9.17) is 10.6 Å². The zero-order valence-electron chi connectivity index (χ0n) is 17.8. The van der Waals surface area contributed by atoms with Gasteiger partial charge in [-0.15, -0.1) is 22.2 Å². The fourth-order valence-electron chi connectivity index (χ4n) is 3.77. The predicted octanol–water partition coefficient (Wildman–Crippen LogP) is -2.79. The zero-order valence-corrected chi connectivity index (χ0v) is 19.5. The van der Waals surface area contributed by atoms with Crippen LogP contribution in [-0.4, -0.2) is 22.2 Å². The van der Waals surface area contributed by atoms with E-state index in [1.54, 1.807) is 0 Å². The summed E-state index contributed by atoms with van der Waals surface area (Å²) in [5.41, 5.74) is 0.951. The summed E-state index contributed by atoms with van der Waals surface area (Å²) in [4.78, 5) is 0. The van der Waals surface area contributed by atoms with Gasteiger partial charge >= 0.3 is 54.8 Å². The van der Waals surface area contributed by atoms with Gasteiger partial charge in [0.15, 0.2) is 0 Å². The third kappa shape index (κ3) is 14.0. The van der Waals surface area contributed by atoms with Crippen LogP contribution in [0.25, 0.3) is 10.6 Å². The fraction of sp³-hybridized carbons (Fsp3) is 1.00. The molecule has 0 aromatic rings. The van der Waals surface area contributed by atoms with Crippen LogP contribution in [0.3, 0.4) is 0 Å². The van der Waals surface area contributed by atoms with Crippen molar-refractivity contribution in [3.05, 3.63) is 10.6 Å². The minimum atomic E-state index is 0. The molecule has 138 valence electrons. The summed E-state index contributed by atoms with van der Waals surface area (Å²) in [7, 11) is 0. The summed E-state index contributed by atoms with van der Waals surface area (Å²) < 4.78 is 0. The van der Waals surface area contributed by atoms with Crippen molar-refractivity contribution in [1.82, 2.24) is 0 Å². The normalized spacial score (nSPS) is 25.0. The van der Waals surface area contributed by atoms with Crippen LogP contribution in [0.15, 0.2) is 0 Å². The summed E-state index contributed by atoms with van der Waals surface area (Å²) in [6, 6.07) is 0. The van der Waals surface area contributed by atoms with E-state index in [1.165, 1.54) is 38.5 Å². The number of hydrogen-bond acceptors (Lipinski definition) is 0. The smallest absolute Gasteiger partial charge is 1.00 e. The molecule has 0 aromatic heterocycles. The van der Waals surface area contributed by atoms with Crippen molar-refractivity contribution < 1.29 is 67.2 Å². The van der Waals surface area contributed by atoms with Crippen LogP contribution < -0.4 is 50.1 Å². The third-order valence-electron chi connectivity index (χ3n) is 4.36. The van der Waals surface area contributed by atoms with Gasteiger partial charge in [-0.05, 0) is 0 Å². The number of piperidine rings is 2. The summed E-state index contributed by atoms with van der Waals surface area (Å²) in [6.45, 7) is 17.8. The van der Waals surface area contributed by atoms with Gasteiger partial charge in [-0.2, -0.15) is 0 Å². The topological polar surface area (TPSA) is 28.2 Å². The average molecular weight is 393 g/mol. The second kappa shape index (κ2) is 12.4. The number of halogens is 1. The van der Waals surface area contributed by atoms with Crippen molar-refractivity contribution in [3.63, 3.8) is 0 Å². The Morgan fingerprint density at radius 1 is 0.500 bits per heavy atom. The molecule has 0 spiro atoms. The number of nitrogens with zero attached hydrogens (tertiary/aromatic N) is 2. The van der Waals surface area contributed by atoms with E-state index in [2.05, 4.69) is 55.4 Å². The SMILES string of the molecule is CC1(C)CCCC(C)(C)[N-]1.CC1(C)CCCC(C)(C)[N-]1.[Cl-].[Cu+].[Li+].[Li+]. The Balaban J connectivity index is -0.000000143. The average Bonchev–Trinajstić information content (AvgIpc) is 2.09. The van der Waals surface area contributed by atoms with Crippen molar-refractivity contribution in [1.29, 1.82) is 0 Å². The molecule has 24 heavy (non-hydrogen) atoms. The Hall–Kier alpha value is 1.92. The molecule has 2 fully saturated rings. The first-order valence-corrected chi connectivity index (χ1v) is 8.31. The van der Waals surface area contributed by atoms with Gasteiger partial charge in [0.1, 0.15) is 0 Å². The van der Waals surface area contributed by atoms with Crippen LogP contribution in [0.5, 0.6) is 0 Å². The quantitative estimate of drug-likeness (QED) is 0.399. The minimum Gasteiger partial charge on any atom is -1.00 e. The van der Waals surface area contributed by atoms with E-state index in [-0.39, 0.29) is 89.4 Å². The maximum atomic E-state index is 4.75. The summed E-state index contributed by atoms with van der Waals surface area (Å²) >= 11 is 0. The maximum Gasteiger partial charge on any atom is 1.00 e. The Morgan fingerprint density at radius 2 is 0.667 bits per heavy atom. The van der Waals surface area contributed by atoms with Crippen LogP contribution in [-0.2, 0) is 17.1 Å². The number of rotatable bonds is 0. The van der Waals surface area contributed by atoms with Gasteiger partial charge in [-0.1, -0.05) is 93.9 Å². The molecule has 2 nitrogen and oxygen atoms in total. The molecule has 0 radical (unpaired) electrons. The molecule has 2 rings (SSSR count). The molecule has 2 heterocycles. The minimum absolute atomic E-state index is 0. The van der Waals surface area contributed by atoms with E-state index in [0.29, 0.717) is 0 Å². The largest absolute Gasteiger partial charge is 1.00 e.